The number of ether oxygens (including phenoxy) is 3. The van der Waals surface area contributed by atoms with Gasteiger partial charge in [-0.25, -0.2) is 29.2 Å². The van der Waals surface area contributed by atoms with E-state index >= 15 is 0 Å². The first kappa shape index (κ1) is 42.3. The molecule has 0 fully saturated rings. The normalized spacial score (nSPS) is 15.0. The van der Waals surface area contributed by atoms with Gasteiger partial charge in [-0.2, -0.15) is 0 Å². The lowest BCUT2D eigenvalue weighted by Crippen LogP contribution is -2.41. The van der Waals surface area contributed by atoms with Gasteiger partial charge in [-0.1, -0.05) is 41.5 Å². The van der Waals surface area contributed by atoms with E-state index in [0.29, 0.717) is 39.0 Å². The van der Waals surface area contributed by atoms with E-state index in [-0.39, 0.29) is 34.9 Å². The van der Waals surface area contributed by atoms with E-state index < -0.39 is 23.4 Å². The van der Waals surface area contributed by atoms with E-state index in [1.165, 1.54) is 0 Å². The lowest BCUT2D eigenvalue weighted by atomic mass is 9.80. The molecule has 45 heavy (non-hydrogen) atoms. The SMILES string of the molecule is CC(CN=C=O)CC(C)(C)CCNC(=O)OC(C)(C)CC(C)OC(C)(C)CC(C)OC(=O)NCC(C)CC(C)(C)CCN=C=O. The molecule has 4 atom stereocenters. The van der Waals surface area contributed by atoms with Crippen LogP contribution in [-0.2, 0) is 23.8 Å². The highest BCUT2D eigenvalue weighted by molar-refractivity contribution is 5.67. The summed E-state index contributed by atoms with van der Waals surface area (Å²) in [7, 11) is 0. The summed E-state index contributed by atoms with van der Waals surface area (Å²) >= 11 is 0. The predicted octanol–water partition coefficient (Wildman–Crippen LogP) is 7.13. The molecule has 0 spiro atoms. The van der Waals surface area contributed by atoms with Gasteiger partial charge in [0.1, 0.15) is 11.7 Å². The quantitative estimate of drug-likeness (QED) is 0.0948. The smallest absolute Gasteiger partial charge is 0.407 e. The second-order valence-electron chi connectivity index (χ2n) is 15.6. The molecule has 0 aromatic carbocycles. The van der Waals surface area contributed by atoms with Crippen LogP contribution in [0, 0.1) is 22.7 Å². The maximum Gasteiger partial charge on any atom is 0.407 e. The van der Waals surface area contributed by atoms with Crippen LogP contribution in [0.4, 0.5) is 9.59 Å². The average molecular weight is 639 g/mol. The molecule has 4 unspecified atom stereocenters. The molecule has 260 valence electrons. The number of hydrogen-bond donors (Lipinski definition) is 2. The largest absolute Gasteiger partial charge is 0.446 e. The molecule has 0 aromatic rings. The van der Waals surface area contributed by atoms with Crippen LogP contribution in [0.15, 0.2) is 9.98 Å². The number of amides is 2. The Morgan fingerprint density at radius 2 is 1.24 bits per heavy atom. The highest BCUT2D eigenvalue weighted by atomic mass is 16.6. The molecule has 11 nitrogen and oxygen atoms in total. The van der Waals surface area contributed by atoms with Crippen molar-refractivity contribution in [2.45, 2.75) is 145 Å². The molecule has 0 aromatic heterocycles. The zero-order valence-corrected chi connectivity index (χ0v) is 30.1. The number of nitrogens with one attached hydrogen (secondary N) is 2. The summed E-state index contributed by atoms with van der Waals surface area (Å²) in [5.74, 6) is 0.483. The van der Waals surface area contributed by atoms with Crippen LogP contribution in [-0.4, -0.2) is 73.9 Å². The van der Waals surface area contributed by atoms with Gasteiger partial charge in [-0.05, 0) is 89.9 Å². The molecular formula is C34H62N4O7. The molecule has 0 saturated heterocycles. The average Bonchev–Trinajstić information content (AvgIpc) is 2.83. The highest BCUT2D eigenvalue weighted by Gasteiger charge is 2.32. The fraction of sp³-hybridized carbons (Fsp3) is 0.882. The minimum Gasteiger partial charge on any atom is -0.446 e. The first-order valence-electron chi connectivity index (χ1n) is 16.3. The Morgan fingerprint density at radius 3 is 1.84 bits per heavy atom. The molecule has 0 rings (SSSR count). The lowest BCUT2D eigenvalue weighted by Gasteiger charge is -2.35. The Bertz CT molecular complexity index is 999. The number of aliphatic imine (C=N–C) groups is 2. The number of rotatable bonds is 22. The molecule has 0 saturated carbocycles. The van der Waals surface area contributed by atoms with Gasteiger partial charge >= 0.3 is 12.2 Å². The van der Waals surface area contributed by atoms with Gasteiger partial charge < -0.3 is 24.8 Å². The van der Waals surface area contributed by atoms with Crippen molar-refractivity contribution in [2.75, 3.05) is 26.2 Å². The van der Waals surface area contributed by atoms with Gasteiger partial charge in [-0.15, -0.1) is 0 Å². The monoisotopic (exact) mass is 638 g/mol. The summed E-state index contributed by atoms with van der Waals surface area (Å²) in [4.78, 5) is 53.0. The van der Waals surface area contributed by atoms with E-state index in [0.717, 1.165) is 25.7 Å². The van der Waals surface area contributed by atoms with Gasteiger partial charge in [0.2, 0.25) is 12.2 Å². The molecule has 0 heterocycles. The number of hydrogen-bond acceptors (Lipinski definition) is 9. The zero-order valence-electron chi connectivity index (χ0n) is 30.1. The molecule has 0 aliphatic carbocycles. The van der Waals surface area contributed by atoms with E-state index in [1.54, 1.807) is 12.2 Å². The summed E-state index contributed by atoms with van der Waals surface area (Å²) in [6.07, 6.45) is 5.88. The first-order valence-corrected chi connectivity index (χ1v) is 16.3. The molecule has 11 heteroatoms. The highest BCUT2D eigenvalue weighted by Crippen LogP contribution is 2.30. The lowest BCUT2D eigenvalue weighted by molar-refractivity contribution is -0.107. The van der Waals surface area contributed by atoms with Gasteiger partial charge in [0.15, 0.2) is 0 Å². The van der Waals surface area contributed by atoms with E-state index in [1.807, 2.05) is 48.5 Å². The Balaban J connectivity index is 4.59. The summed E-state index contributed by atoms with van der Waals surface area (Å²) in [6.45, 7) is 25.9. The van der Waals surface area contributed by atoms with Crippen LogP contribution in [0.25, 0.3) is 0 Å². The topological polar surface area (TPSA) is 145 Å². The van der Waals surface area contributed by atoms with Crippen LogP contribution in [0.3, 0.4) is 0 Å². The van der Waals surface area contributed by atoms with Gasteiger partial charge in [0.25, 0.3) is 0 Å². The standard InChI is InChI=1S/C34H62N4O7/c1-25(21-36-24-40)17-32(7,8)14-16-37-30(42)45-34(11,12)20-28(4)44-33(9,10)19-27(3)43-29(41)38-22-26(2)18-31(5,6)13-15-35-23-39/h25-28H,13-22H2,1-12H3,(H,37,42)(H,38,41). The third-order valence-corrected chi connectivity index (χ3v) is 7.66. The van der Waals surface area contributed by atoms with Crippen LogP contribution >= 0.6 is 0 Å². The van der Waals surface area contributed by atoms with Crippen molar-refractivity contribution in [1.29, 1.82) is 0 Å². The minimum atomic E-state index is -0.759. The fourth-order valence-electron chi connectivity index (χ4n) is 6.20. The van der Waals surface area contributed by atoms with Crippen molar-refractivity contribution in [3.8, 4) is 0 Å². The van der Waals surface area contributed by atoms with Crippen molar-refractivity contribution < 1.29 is 33.4 Å². The van der Waals surface area contributed by atoms with Crippen molar-refractivity contribution in [3.63, 3.8) is 0 Å². The van der Waals surface area contributed by atoms with Gasteiger partial charge in [0, 0.05) is 25.9 Å². The molecule has 2 N–H and O–H groups in total. The van der Waals surface area contributed by atoms with E-state index in [4.69, 9.17) is 14.2 Å². The third-order valence-electron chi connectivity index (χ3n) is 7.66. The minimum absolute atomic E-state index is 0.00816. The summed E-state index contributed by atoms with van der Waals surface area (Å²) in [5.41, 5.74) is -1.38. The zero-order chi connectivity index (χ0) is 34.9. The molecular weight excluding hydrogens is 576 g/mol. The Morgan fingerprint density at radius 1 is 0.689 bits per heavy atom. The van der Waals surface area contributed by atoms with Crippen molar-refractivity contribution in [1.82, 2.24) is 10.6 Å². The molecule has 0 aliphatic heterocycles. The van der Waals surface area contributed by atoms with E-state index in [2.05, 4.69) is 55.2 Å². The predicted molar refractivity (Wildman–Crippen MR) is 177 cm³/mol. The van der Waals surface area contributed by atoms with Gasteiger partial charge in [-0.3, -0.25) is 0 Å². The second kappa shape index (κ2) is 19.7. The summed E-state index contributed by atoms with van der Waals surface area (Å²) in [6, 6.07) is 0. The van der Waals surface area contributed by atoms with Crippen molar-refractivity contribution >= 4 is 24.3 Å². The molecule has 2 amide bonds. The van der Waals surface area contributed by atoms with Crippen LogP contribution in [0.1, 0.15) is 122 Å². The second-order valence-corrected chi connectivity index (χ2v) is 15.6. The van der Waals surface area contributed by atoms with E-state index in [9.17, 15) is 19.2 Å². The van der Waals surface area contributed by atoms with Crippen LogP contribution in [0.2, 0.25) is 0 Å². The summed E-state index contributed by atoms with van der Waals surface area (Å²) < 4.78 is 17.6. The van der Waals surface area contributed by atoms with Crippen LogP contribution < -0.4 is 10.6 Å². The number of carbonyl (C=O) groups excluding carboxylic acids is 4. The Hall–Kier alpha value is -2.74. The maximum atomic E-state index is 12.5. The summed E-state index contributed by atoms with van der Waals surface area (Å²) in [5, 5.41) is 5.72. The number of carbonyl (C=O) groups is 2. The fourth-order valence-corrected chi connectivity index (χ4v) is 6.20. The van der Waals surface area contributed by atoms with Crippen LogP contribution in [0.5, 0.6) is 0 Å². The molecule has 0 bridgehead atoms. The Kier molecular flexibility index (Phi) is 18.5. The van der Waals surface area contributed by atoms with Gasteiger partial charge in [0.05, 0.1) is 24.8 Å². The maximum absolute atomic E-state index is 12.5. The molecule has 0 radical (unpaired) electrons. The molecule has 0 aliphatic rings. The first-order chi connectivity index (χ1) is 20.6. The number of nitrogens with zero attached hydrogens (tertiary/aromatic N) is 2. The van der Waals surface area contributed by atoms with Crippen molar-refractivity contribution in [3.05, 3.63) is 0 Å². The number of alkyl carbamates (subject to hydrolysis) is 2. The number of isocyanates is 2. The Labute approximate surface area is 272 Å². The van der Waals surface area contributed by atoms with Crippen molar-refractivity contribution in [2.24, 2.45) is 32.7 Å². The third kappa shape index (κ3) is 22.4.